The Morgan fingerprint density at radius 3 is 2.31 bits per heavy atom. The van der Waals surface area contributed by atoms with Crippen molar-refractivity contribution in [2.75, 3.05) is 12.4 Å². The lowest BCUT2D eigenvalue weighted by atomic mass is 10.1. The highest BCUT2D eigenvalue weighted by molar-refractivity contribution is 6.09. The number of nitro benzene ring substituents is 1. The highest BCUT2D eigenvalue weighted by Crippen LogP contribution is 2.32. The molecule has 1 N–H and O–H groups in total. The van der Waals surface area contributed by atoms with E-state index in [1.807, 2.05) is 67.6 Å². The van der Waals surface area contributed by atoms with E-state index in [0.29, 0.717) is 22.6 Å². The van der Waals surface area contributed by atoms with Crippen LogP contribution in [0.2, 0.25) is 0 Å². The summed E-state index contributed by atoms with van der Waals surface area (Å²) in [4.78, 5) is 23.9. The van der Waals surface area contributed by atoms with Crippen molar-refractivity contribution >= 4 is 17.3 Å². The smallest absolute Gasteiger partial charge is 0.273 e. The maximum Gasteiger partial charge on any atom is 0.273 e. The number of benzene rings is 3. The minimum Gasteiger partial charge on any atom is -0.494 e. The first-order chi connectivity index (χ1) is 15.5. The number of ether oxygens (including phenoxy) is 1. The standard InChI is InChI=1S/C24H20N4O4/c1-16-22(24(29)25-20-14-13-19(28(30)31)15-21(20)32-2)23(17-9-5-3-6-10-17)26-27(16)18-11-7-4-8-12-18/h3-15H,1-2H3,(H,25,29). The first-order valence-corrected chi connectivity index (χ1v) is 9.84. The highest BCUT2D eigenvalue weighted by Gasteiger charge is 2.24. The molecule has 8 heteroatoms. The minimum atomic E-state index is -0.518. The van der Waals surface area contributed by atoms with Gasteiger partial charge in [0.15, 0.2) is 0 Å². The SMILES string of the molecule is COc1cc([N+](=O)[O-])ccc1NC(=O)c1c(-c2ccccc2)nn(-c2ccccc2)c1C. The van der Waals surface area contributed by atoms with Crippen LogP contribution in [0.4, 0.5) is 11.4 Å². The molecule has 8 nitrogen and oxygen atoms in total. The zero-order chi connectivity index (χ0) is 22.7. The number of aromatic nitrogens is 2. The first-order valence-electron chi connectivity index (χ1n) is 9.84. The zero-order valence-corrected chi connectivity index (χ0v) is 17.5. The summed E-state index contributed by atoms with van der Waals surface area (Å²) in [5.74, 6) is -0.197. The number of rotatable bonds is 6. The lowest BCUT2D eigenvalue weighted by Crippen LogP contribution is -2.15. The van der Waals surface area contributed by atoms with Crippen molar-refractivity contribution in [3.8, 4) is 22.7 Å². The monoisotopic (exact) mass is 428 g/mol. The van der Waals surface area contributed by atoms with Gasteiger partial charge >= 0.3 is 0 Å². The Bertz CT molecular complexity index is 1280. The molecule has 0 atom stereocenters. The molecule has 160 valence electrons. The maximum absolute atomic E-state index is 13.4. The molecule has 0 radical (unpaired) electrons. The Hall–Kier alpha value is -4.46. The Labute approximate surface area is 184 Å². The Kier molecular flexibility index (Phi) is 5.67. The number of methoxy groups -OCH3 is 1. The van der Waals surface area contributed by atoms with Gasteiger partial charge in [0.2, 0.25) is 0 Å². The second-order valence-electron chi connectivity index (χ2n) is 7.02. The molecule has 0 aliphatic heterocycles. The highest BCUT2D eigenvalue weighted by atomic mass is 16.6. The normalized spacial score (nSPS) is 10.6. The summed E-state index contributed by atoms with van der Waals surface area (Å²) in [6.45, 7) is 1.83. The van der Waals surface area contributed by atoms with Gasteiger partial charge in [0, 0.05) is 11.6 Å². The Morgan fingerprint density at radius 1 is 1.03 bits per heavy atom. The predicted octanol–water partition coefficient (Wildman–Crippen LogP) is 5.02. The van der Waals surface area contributed by atoms with Gasteiger partial charge in [-0.05, 0) is 25.1 Å². The average Bonchev–Trinajstić information content (AvgIpc) is 3.17. The number of hydrogen-bond acceptors (Lipinski definition) is 5. The topological polar surface area (TPSA) is 99.3 Å². The fourth-order valence-corrected chi connectivity index (χ4v) is 3.47. The summed E-state index contributed by atoms with van der Waals surface area (Å²) in [5, 5.41) is 18.6. The summed E-state index contributed by atoms with van der Waals surface area (Å²) < 4.78 is 6.98. The lowest BCUT2D eigenvalue weighted by Gasteiger charge is -2.11. The van der Waals surface area contributed by atoms with Gasteiger partial charge in [-0.3, -0.25) is 14.9 Å². The van der Waals surface area contributed by atoms with Crippen molar-refractivity contribution in [2.45, 2.75) is 6.92 Å². The second-order valence-corrected chi connectivity index (χ2v) is 7.02. The van der Waals surface area contributed by atoms with Gasteiger partial charge in [-0.15, -0.1) is 0 Å². The fourth-order valence-electron chi connectivity index (χ4n) is 3.47. The third-order valence-corrected chi connectivity index (χ3v) is 5.04. The van der Waals surface area contributed by atoms with E-state index in [2.05, 4.69) is 5.32 Å². The molecule has 0 unspecified atom stereocenters. The molecular weight excluding hydrogens is 408 g/mol. The molecule has 0 bridgehead atoms. The summed E-state index contributed by atoms with van der Waals surface area (Å²) in [6.07, 6.45) is 0. The molecule has 1 heterocycles. The van der Waals surface area contributed by atoms with E-state index in [1.165, 1.54) is 25.3 Å². The van der Waals surface area contributed by atoms with Gasteiger partial charge in [-0.1, -0.05) is 48.5 Å². The summed E-state index contributed by atoms with van der Waals surface area (Å²) >= 11 is 0. The van der Waals surface area contributed by atoms with E-state index in [4.69, 9.17) is 9.84 Å². The van der Waals surface area contributed by atoms with E-state index in [9.17, 15) is 14.9 Å². The molecular formula is C24H20N4O4. The van der Waals surface area contributed by atoms with Gasteiger partial charge in [0.1, 0.15) is 11.4 Å². The van der Waals surface area contributed by atoms with E-state index in [0.717, 1.165) is 11.3 Å². The number of nitrogens with zero attached hydrogens (tertiary/aromatic N) is 3. The number of carbonyl (C=O) groups is 1. The lowest BCUT2D eigenvalue weighted by molar-refractivity contribution is -0.384. The average molecular weight is 428 g/mol. The molecule has 4 aromatic rings. The van der Waals surface area contributed by atoms with Crippen molar-refractivity contribution < 1.29 is 14.5 Å². The first kappa shape index (κ1) is 20.8. The van der Waals surface area contributed by atoms with Crippen molar-refractivity contribution in [1.29, 1.82) is 0 Å². The van der Waals surface area contributed by atoms with Crippen LogP contribution < -0.4 is 10.1 Å². The van der Waals surface area contributed by atoms with Crippen LogP contribution in [-0.4, -0.2) is 27.7 Å². The number of para-hydroxylation sites is 1. The largest absolute Gasteiger partial charge is 0.494 e. The molecule has 3 aromatic carbocycles. The van der Waals surface area contributed by atoms with Crippen LogP contribution in [0.3, 0.4) is 0 Å². The van der Waals surface area contributed by atoms with E-state index >= 15 is 0 Å². The van der Waals surface area contributed by atoms with Crippen LogP contribution in [0.1, 0.15) is 16.1 Å². The Morgan fingerprint density at radius 2 is 1.69 bits per heavy atom. The van der Waals surface area contributed by atoms with Gasteiger partial charge < -0.3 is 10.1 Å². The third kappa shape index (κ3) is 3.93. The third-order valence-electron chi connectivity index (χ3n) is 5.04. The van der Waals surface area contributed by atoms with E-state index < -0.39 is 10.8 Å². The van der Waals surface area contributed by atoms with Crippen LogP contribution in [0.15, 0.2) is 78.9 Å². The van der Waals surface area contributed by atoms with Crippen LogP contribution in [-0.2, 0) is 0 Å². The zero-order valence-electron chi connectivity index (χ0n) is 17.5. The van der Waals surface area contributed by atoms with Crippen LogP contribution >= 0.6 is 0 Å². The summed E-state index contributed by atoms with van der Waals surface area (Å²) in [6, 6.07) is 23.0. The molecule has 0 aliphatic carbocycles. The molecule has 0 fully saturated rings. The van der Waals surface area contributed by atoms with Gasteiger partial charge in [-0.2, -0.15) is 5.10 Å². The maximum atomic E-state index is 13.4. The number of carbonyl (C=O) groups excluding carboxylic acids is 1. The second kappa shape index (κ2) is 8.73. The fraction of sp³-hybridized carbons (Fsp3) is 0.0833. The number of nitrogens with one attached hydrogen (secondary N) is 1. The number of amides is 1. The molecule has 4 rings (SSSR count). The van der Waals surface area contributed by atoms with E-state index in [1.54, 1.807) is 4.68 Å². The van der Waals surface area contributed by atoms with Gasteiger partial charge in [0.05, 0.1) is 40.7 Å². The summed E-state index contributed by atoms with van der Waals surface area (Å²) in [7, 11) is 1.39. The van der Waals surface area contributed by atoms with Crippen LogP contribution in [0.25, 0.3) is 16.9 Å². The van der Waals surface area contributed by atoms with Crippen LogP contribution in [0.5, 0.6) is 5.75 Å². The molecule has 0 saturated carbocycles. The molecule has 1 amide bonds. The molecule has 0 spiro atoms. The quantitative estimate of drug-likeness (QED) is 0.343. The number of anilines is 1. The molecule has 1 aromatic heterocycles. The number of nitro groups is 1. The number of hydrogen-bond donors (Lipinski definition) is 1. The Balaban J connectivity index is 1.80. The van der Waals surface area contributed by atoms with E-state index in [-0.39, 0.29) is 11.4 Å². The van der Waals surface area contributed by atoms with Crippen molar-refractivity contribution in [3.05, 3.63) is 100 Å². The van der Waals surface area contributed by atoms with Crippen LogP contribution in [0, 0.1) is 17.0 Å². The number of non-ortho nitro benzene ring substituents is 1. The van der Waals surface area contributed by atoms with Crippen molar-refractivity contribution in [1.82, 2.24) is 9.78 Å². The summed E-state index contributed by atoms with van der Waals surface area (Å²) in [5.41, 5.74) is 3.42. The van der Waals surface area contributed by atoms with Crippen molar-refractivity contribution in [3.63, 3.8) is 0 Å². The molecule has 0 saturated heterocycles. The van der Waals surface area contributed by atoms with Crippen molar-refractivity contribution in [2.24, 2.45) is 0 Å². The molecule has 0 aliphatic rings. The van der Waals surface area contributed by atoms with Gasteiger partial charge in [-0.25, -0.2) is 4.68 Å². The predicted molar refractivity (Wildman–Crippen MR) is 121 cm³/mol. The minimum absolute atomic E-state index is 0.127. The van der Waals surface area contributed by atoms with Gasteiger partial charge in [0.25, 0.3) is 11.6 Å². The molecule has 32 heavy (non-hydrogen) atoms.